The maximum atomic E-state index is 12.6. The molecule has 0 fully saturated rings. The van der Waals surface area contributed by atoms with Crippen molar-refractivity contribution in [1.82, 2.24) is 0 Å². The SMILES string of the molecule is Cc1cc(Cl)c(F)cc1S. The van der Waals surface area contributed by atoms with Gasteiger partial charge in [-0.2, -0.15) is 0 Å². The Hall–Kier alpha value is -0.210. The first kappa shape index (κ1) is 7.89. The van der Waals surface area contributed by atoms with Gasteiger partial charge in [0.2, 0.25) is 0 Å². The van der Waals surface area contributed by atoms with Gasteiger partial charge < -0.3 is 0 Å². The molecule has 0 aromatic heterocycles. The predicted octanol–water partition coefficient (Wildman–Crippen LogP) is 3.08. The minimum absolute atomic E-state index is 0.148. The summed E-state index contributed by atoms with van der Waals surface area (Å²) < 4.78 is 12.6. The summed E-state index contributed by atoms with van der Waals surface area (Å²) in [4.78, 5) is 0.627. The summed E-state index contributed by atoms with van der Waals surface area (Å²) in [6, 6.07) is 2.86. The van der Waals surface area contributed by atoms with Crippen LogP contribution in [0.1, 0.15) is 5.56 Å². The van der Waals surface area contributed by atoms with Crippen molar-refractivity contribution >= 4 is 24.2 Å². The lowest BCUT2D eigenvalue weighted by Gasteiger charge is -1.99. The van der Waals surface area contributed by atoms with E-state index in [4.69, 9.17) is 11.6 Å². The van der Waals surface area contributed by atoms with E-state index in [2.05, 4.69) is 12.6 Å². The van der Waals surface area contributed by atoms with E-state index in [0.717, 1.165) is 5.56 Å². The van der Waals surface area contributed by atoms with Crippen LogP contribution < -0.4 is 0 Å². The second-order valence-electron chi connectivity index (χ2n) is 2.05. The van der Waals surface area contributed by atoms with Crippen LogP contribution in [0.5, 0.6) is 0 Å². The van der Waals surface area contributed by atoms with Crippen molar-refractivity contribution < 1.29 is 4.39 Å². The van der Waals surface area contributed by atoms with Gasteiger partial charge in [-0.25, -0.2) is 4.39 Å². The Morgan fingerprint density at radius 1 is 1.50 bits per heavy atom. The molecule has 54 valence electrons. The van der Waals surface area contributed by atoms with Gasteiger partial charge in [-0.05, 0) is 24.6 Å². The van der Waals surface area contributed by atoms with E-state index in [0.29, 0.717) is 4.90 Å². The Labute approximate surface area is 69.4 Å². The first-order chi connectivity index (χ1) is 4.61. The minimum Gasteiger partial charge on any atom is -0.205 e. The average molecular weight is 177 g/mol. The highest BCUT2D eigenvalue weighted by atomic mass is 35.5. The Balaban J connectivity index is 3.28. The molecule has 10 heavy (non-hydrogen) atoms. The van der Waals surface area contributed by atoms with Crippen molar-refractivity contribution in [1.29, 1.82) is 0 Å². The lowest BCUT2D eigenvalue weighted by Crippen LogP contribution is -1.80. The molecule has 0 amide bonds. The Morgan fingerprint density at radius 3 is 2.60 bits per heavy atom. The molecule has 0 radical (unpaired) electrons. The molecule has 3 heteroatoms. The smallest absolute Gasteiger partial charge is 0.142 e. The van der Waals surface area contributed by atoms with Crippen LogP contribution in [0.15, 0.2) is 17.0 Å². The number of hydrogen-bond donors (Lipinski definition) is 1. The van der Waals surface area contributed by atoms with Gasteiger partial charge in [0.25, 0.3) is 0 Å². The molecule has 0 saturated carbocycles. The van der Waals surface area contributed by atoms with Gasteiger partial charge in [0.1, 0.15) is 5.82 Å². The van der Waals surface area contributed by atoms with Crippen LogP contribution >= 0.6 is 24.2 Å². The second-order valence-corrected chi connectivity index (χ2v) is 2.94. The number of thiol groups is 1. The van der Waals surface area contributed by atoms with Gasteiger partial charge in [-0.15, -0.1) is 12.6 Å². The molecule has 0 saturated heterocycles. The Kier molecular flexibility index (Phi) is 2.21. The quantitative estimate of drug-likeness (QED) is 0.577. The van der Waals surface area contributed by atoms with Gasteiger partial charge in [-0.3, -0.25) is 0 Å². The molecule has 1 aromatic carbocycles. The number of aryl methyl sites for hydroxylation is 1. The lowest BCUT2D eigenvalue weighted by atomic mass is 10.2. The Morgan fingerprint density at radius 2 is 2.10 bits per heavy atom. The summed E-state index contributed by atoms with van der Waals surface area (Å²) in [5.74, 6) is -0.419. The third-order valence-corrected chi connectivity index (χ3v) is 2.01. The predicted molar refractivity (Wildman–Crippen MR) is 43.4 cm³/mol. The molecular weight excluding hydrogens is 171 g/mol. The van der Waals surface area contributed by atoms with Gasteiger partial charge in [0, 0.05) is 4.90 Å². The van der Waals surface area contributed by atoms with Gasteiger partial charge in [0.05, 0.1) is 5.02 Å². The number of benzene rings is 1. The highest BCUT2D eigenvalue weighted by Crippen LogP contribution is 2.21. The summed E-state index contributed by atoms with van der Waals surface area (Å²) in [6.07, 6.45) is 0. The van der Waals surface area contributed by atoms with Crippen molar-refractivity contribution in [2.45, 2.75) is 11.8 Å². The number of halogens is 2. The topological polar surface area (TPSA) is 0 Å². The number of hydrogen-bond acceptors (Lipinski definition) is 1. The first-order valence-corrected chi connectivity index (χ1v) is 3.58. The zero-order chi connectivity index (χ0) is 7.72. The van der Waals surface area contributed by atoms with Crippen molar-refractivity contribution in [2.75, 3.05) is 0 Å². The fraction of sp³-hybridized carbons (Fsp3) is 0.143. The molecule has 0 aliphatic carbocycles. The summed E-state index contributed by atoms with van der Waals surface area (Å²) in [5, 5.41) is 0.148. The van der Waals surface area contributed by atoms with Gasteiger partial charge in [-0.1, -0.05) is 11.6 Å². The molecule has 1 rings (SSSR count). The van der Waals surface area contributed by atoms with Crippen LogP contribution in [0.4, 0.5) is 4.39 Å². The van der Waals surface area contributed by atoms with Crippen molar-refractivity contribution in [3.8, 4) is 0 Å². The van der Waals surface area contributed by atoms with Crippen LogP contribution in [0.3, 0.4) is 0 Å². The van der Waals surface area contributed by atoms with Crippen molar-refractivity contribution in [3.63, 3.8) is 0 Å². The maximum absolute atomic E-state index is 12.6. The van der Waals surface area contributed by atoms with Crippen molar-refractivity contribution in [2.24, 2.45) is 0 Å². The molecule has 0 bridgehead atoms. The van der Waals surface area contributed by atoms with Crippen LogP contribution in [0.2, 0.25) is 5.02 Å². The molecule has 0 nitrogen and oxygen atoms in total. The highest BCUT2D eigenvalue weighted by Gasteiger charge is 2.01. The highest BCUT2D eigenvalue weighted by molar-refractivity contribution is 7.80. The zero-order valence-corrected chi connectivity index (χ0v) is 7.01. The third-order valence-electron chi connectivity index (χ3n) is 1.24. The monoisotopic (exact) mass is 176 g/mol. The van der Waals surface area contributed by atoms with E-state index in [9.17, 15) is 4.39 Å². The van der Waals surface area contributed by atoms with E-state index in [1.807, 2.05) is 6.92 Å². The molecule has 0 heterocycles. The third kappa shape index (κ3) is 1.44. The van der Waals surface area contributed by atoms with E-state index in [1.165, 1.54) is 6.07 Å². The van der Waals surface area contributed by atoms with E-state index in [-0.39, 0.29) is 5.02 Å². The van der Waals surface area contributed by atoms with Gasteiger partial charge >= 0.3 is 0 Å². The van der Waals surface area contributed by atoms with Crippen LogP contribution in [-0.4, -0.2) is 0 Å². The Bertz CT molecular complexity index is 210. The van der Waals surface area contributed by atoms with Gasteiger partial charge in [0.15, 0.2) is 0 Å². The normalized spacial score (nSPS) is 10.0. The van der Waals surface area contributed by atoms with Crippen LogP contribution in [0, 0.1) is 12.7 Å². The molecule has 0 unspecified atom stereocenters. The van der Waals surface area contributed by atoms with E-state index < -0.39 is 5.82 Å². The molecule has 0 spiro atoms. The fourth-order valence-electron chi connectivity index (χ4n) is 0.636. The summed E-state index contributed by atoms with van der Waals surface area (Å²) >= 11 is 9.49. The maximum Gasteiger partial charge on any atom is 0.142 e. The molecule has 0 atom stereocenters. The molecule has 0 N–H and O–H groups in total. The molecule has 0 aliphatic heterocycles. The standard InChI is InChI=1S/C7H6ClFS/c1-4-2-5(8)6(9)3-7(4)10/h2-3,10H,1H3. The largest absolute Gasteiger partial charge is 0.205 e. The minimum atomic E-state index is -0.419. The van der Waals surface area contributed by atoms with Crippen LogP contribution in [-0.2, 0) is 0 Å². The fourth-order valence-corrected chi connectivity index (χ4v) is 1.03. The second kappa shape index (κ2) is 2.81. The average Bonchev–Trinajstić information content (AvgIpc) is 1.84. The lowest BCUT2D eigenvalue weighted by molar-refractivity contribution is 0.624. The van der Waals surface area contributed by atoms with E-state index in [1.54, 1.807) is 6.07 Å². The molecule has 1 aromatic rings. The summed E-state index contributed by atoms with van der Waals surface area (Å²) in [6.45, 7) is 1.83. The molecule has 0 aliphatic rings. The first-order valence-electron chi connectivity index (χ1n) is 2.76. The van der Waals surface area contributed by atoms with E-state index >= 15 is 0 Å². The van der Waals surface area contributed by atoms with Crippen molar-refractivity contribution in [3.05, 3.63) is 28.5 Å². The zero-order valence-electron chi connectivity index (χ0n) is 5.36. The number of rotatable bonds is 0. The summed E-state index contributed by atoms with van der Waals surface area (Å²) in [7, 11) is 0. The molecular formula is C7H6ClFS. The van der Waals surface area contributed by atoms with Crippen LogP contribution in [0.25, 0.3) is 0 Å². The summed E-state index contributed by atoms with van der Waals surface area (Å²) in [5.41, 5.74) is 0.884.